The quantitative estimate of drug-likeness (QED) is 0.350. The first-order valence-corrected chi connectivity index (χ1v) is 6.23. The van der Waals surface area contributed by atoms with E-state index >= 15 is 0 Å². The minimum Gasteiger partial charge on any atom is -0.379 e. The van der Waals surface area contributed by atoms with Crippen molar-refractivity contribution >= 4 is 22.6 Å². The van der Waals surface area contributed by atoms with E-state index in [9.17, 15) is 0 Å². The molecular formula is C9H19IO3. The van der Waals surface area contributed by atoms with Gasteiger partial charge in [0, 0.05) is 11.0 Å². The van der Waals surface area contributed by atoms with Crippen LogP contribution in [0, 0.1) is 0 Å². The van der Waals surface area contributed by atoms with Crippen LogP contribution < -0.4 is 0 Å². The summed E-state index contributed by atoms with van der Waals surface area (Å²) in [5.74, 6) is 0. The van der Waals surface area contributed by atoms with E-state index in [4.69, 9.17) is 14.2 Å². The summed E-state index contributed by atoms with van der Waals surface area (Å²) in [5.41, 5.74) is 0. The number of rotatable bonds is 10. The second-order valence-electron chi connectivity index (χ2n) is 2.53. The first-order valence-electron chi connectivity index (χ1n) is 4.71. The van der Waals surface area contributed by atoms with Gasteiger partial charge in [-0.2, -0.15) is 0 Å². The van der Waals surface area contributed by atoms with E-state index in [0.29, 0.717) is 26.4 Å². The van der Waals surface area contributed by atoms with Crippen LogP contribution in [0.2, 0.25) is 0 Å². The van der Waals surface area contributed by atoms with Gasteiger partial charge < -0.3 is 14.2 Å². The second-order valence-corrected chi connectivity index (χ2v) is 3.60. The lowest BCUT2D eigenvalue weighted by atomic mass is 10.5. The largest absolute Gasteiger partial charge is 0.379 e. The van der Waals surface area contributed by atoms with Gasteiger partial charge in [0.25, 0.3) is 0 Å². The van der Waals surface area contributed by atoms with Gasteiger partial charge in [-0.3, -0.25) is 0 Å². The molecule has 0 aliphatic rings. The summed E-state index contributed by atoms with van der Waals surface area (Å²) in [6.07, 6.45) is 1.07. The van der Waals surface area contributed by atoms with Crippen LogP contribution in [0.15, 0.2) is 0 Å². The third kappa shape index (κ3) is 12.6. The molecule has 80 valence electrons. The number of alkyl halides is 1. The van der Waals surface area contributed by atoms with E-state index in [0.717, 1.165) is 24.1 Å². The molecule has 0 saturated heterocycles. The minimum atomic E-state index is 0.673. The highest BCUT2D eigenvalue weighted by Crippen LogP contribution is 1.85. The molecule has 0 bridgehead atoms. The van der Waals surface area contributed by atoms with Gasteiger partial charge in [-0.05, 0) is 6.42 Å². The first-order chi connectivity index (χ1) is 6.41. The van der Waals surface area contributed by atoms with Crippen LogP contribution in [0.3, 0.4) is 0 Å². The Bertz CT molecular complexity index is 80.9. The van der Waals surface area contributed by atoms with E-state index in [1.807, 2.05) is 0 Å². The summed E-state index contributed by atoms with van der Waals surface area (Å²) in [4.78, 5) is 0. The highest BCUT2D eigenvalue weighted by Gasteiger charge is 1.89. The lowest BCUT2D eigenvalue weighted by molar-refractivity contribution is 0.0178. The Kier molecular flexibility index (Phi) is 13.2. The molecule has 0 rings (SSSR count). The van der Waals surface area contributed by atoms with Crippen molar-refractivity contribution in [2.75, 3.05) is 44.1 Å². The van der Waals surface area contributed by atoms with Crippen molar-refractivity contribution in [2.24, 2.45) is 0 Å². The standard InChI is InChI=1S/C9H19IO3/c1-2-4-11-6-8-13-9-7-12-5-3-10/h2-9H2,1H3. The molecule has 3 nitrogen and oxygen atoms in total. The van der Waals surface area contributed by atoms with E-state index in [1.165, 1.54) is 0 Å². The molecule has 0 amide bonds. The van der Waals surface area contributed by atoms with Crippen molar-refractivity contribution in [3.63, 3.8) is 0 Å². The van der Waals surface area contributed by atoms with E-state index in [-0.39, 0.29) is 0 Å². The van der Waals surface area contributed by atoms with Gasteiger partial charge >= 0.3 is 0 Å². The van der Waals surface area contributed by atoms with Crippen LogP contribution in [-0.4, -0.2) is 44.1 Å². The van der Waals surface area contributed by atoms with Crippen LogP contribution >= 0.6 is 22.6 Å². The van der Waals surface area contributed by atoms with Crippen molar-refractivity contribution in [2.45, 2.75) is 13.3 Å². The Balaban J connectivity index is 2.76. The number of hydrogen-bond donors (Lipinski definition) is 0. The number of halogens is 1. The van der Waals surface area contributed by atoms with Crippen LogP contribution in [0.25, 0.3) is 0 Å². The summed E-state index contributed by atoms with van der Waals surface area (Å²) < 4.78 is 16.8. The molecule has 13 heavy (non-hydrogen) atoms. The van der Waals surface area contributed by atoms with Crippen molar-refractivity contribution in [1.29, 1.82) is 0 Å². The third-order valence-corrected chi connectivity index (χ3v) is 1.75. The molecule has 4 heteroatoms. The summed E-state index contributed by atoms with van der Waals surface area (Å²) in [5, 5.41) is 0. The lowest BCUT2D eigenvalue weighted by Crippen LogP contribution is -2.10. The average molecular weight is 302 g/mol. The van der Waals surface area contributed by atoms with Crippen LogP contribution in [0.5, 0.6) is 0 Å². The molecular weight excluding hydrogens is 283 g/mol. The van der Waals surface area contributed by atoms with E-state index < -0.39 is 0 Å². The fourth-order valence-electron chi connectivity index (χ4n) is 0.741. The van der Waals surface area contributed by atoms with E-state index in [1.54, 1.807) is 0 Å². The molecule has 0 aromatic carbocycles. The van der Waals surface area contributed by atoms with Crippen molar-refractivity contribution < 1.29 is 14.2 Å². The zero-order valence-corrected chi connectivity index (χ0v) is 10.4. The summed E-state index contributed by atoms with van der Waals surface area (Å²) in [6, 6.07) is 0. The van der Waals surface area contributed by atoms with Gasteiger partial charge in [0.05, 0.1) is 33.0 Å². The van der Waals surface area contributed by atoms with Gasteiger partial charge in [-0.1, -0.05) is 29.5 Å². The van der Waals surface area contributed by atoms with Gasteiger partial charge in [0.1, 0.15) is 0 Å². The second kappa shape index (κ2) is 12.6. The highest BCUT2D eigenvalue weighted by atomic mass is 127. The highest BCUT2D eigenvalue weighted by molar-refractivity contribution is 14.1. The molecule has 0 aliphatic heterocycles. The maximum Gasteiger partial charge on any atom is 0.0701 e. The molecule has 0 N–H and O–H groups in total. The zero-order valence-electron chi connectivity index (χ0n) is 8.26. The zero-order chi connectivity index (χ0) is 9.78. The molecule has 0 unspecified atom stereocenters. The molecule has 0 radical (unpaired) electrons. The topological polar surface area (TPSA) is 27.7 Å². The summed E-state index contributed by atoms with van der Waals surface area (Å²) in [7, 11) is 0. The maximum atomic E-state index is 5.27. The van der Waals surface area contributed by atoms with Crippen molar-refractivity contribution in [1.82, 2.24) is 0 Å². The molecule has 0 saturated carbocycles. The Hall–Kier alpha value is 0.610. The molecule has 0 heterocycles. The van der Waals surface area contributed by atoms with Gasteiger partial charge in [0.2, 0.25) is 0 Å². The molecule has 0 spiro atoms. The maximum absolute atomic E-state index is 5.27. The predicted molar refractivity (Wildman–Crippen MR) is 61.6 cm³/mol. The van der Waals surface area contributed by atoms with Gasteiger partial charge in [0.15, 0.2) is 0 Å². The van der Waals surface area contributed by atoms with Crippen molar-refractivity contribution in [3.05, 3.63) is 0 Å². The number of ether oxygens (including phenoxy) is 3. The smallest absolute Gasteiger partial charge is 0.0701 e. The minimum absolute atomic E-state index is 0.673. The molecule has 0 aromatic heterocycles. The number of hydrogen-bond acceptors (Lipinski definition) is 3. The first kappa shape index (κ1) is 13.6. The summed E-state index contributed by atoms with van der Waals surface area (Å²) in [6.45, 7) is 6.47. The van der Waals surface area contributed by atoms with Gasteiger partial charge in [-0.25, -0.2) is 0 Å². The predicted octanol–water partition coefficient (Wildman–Crippen LogP) is 1.88. The summed E-state index contributed by atoms with van der Waals surface area (Å²) >= 11 is 2.29. The van der Waals surface area contributed by atoms with Gasteiger partial charge in [-0.15, -0.1) is 0 Å². The fraction of sp³-hybridized carbons (Fsp3) is 1.00. The van der Waals surface area contributed by atoms with Crippen LogP contribution in [0.1, 0.15) is 13.3 Å². The van der Waals surface area contributed by atoms with Crippen molar-refractivity contribution in [3.8, 4) is 0 Å². The Morgan fingerprint density at radius 3 is 1.69 bits per heavy atom. The SMILES string of the molecule is CCCOCCOCCOCCI. The fourth-order valence-corrected chi connectivity index (χ4v) is 1.05. The Morgan fingerprint density at radius 2 is 1.23 bits per heavy atom. The normalized spacial score (nSPS) is 10.6. The molecule has 0 aromatic rings. The monoisotopic (exact) mass is 302 g/mol. The Morgan fingerprint density at radius 1 is 0.769 bits per heavy atom. The van der Waals surface area contributed by atoms with E-state index in [2.05, 4.69) is 29.5 Å². The third-order valence-electron chi connectivity index (χ3n) is 1.31. The Labute approximate surface area is 94.3 Å². The molecule has 0 atom stereocenters. The molecule has 0 fully saturated rings. The lowest BCUT2D eigenvalue weighted by Gasteiger charge is -2.04. The average Bonchev–Trinajstić information content (AvgIpc) is 2.16. The van der Waals surface area contributed by atoms with Crippen LogP contribution in [-0.2, 0) is 14.2 Å². The van der Waals surface area contributed by atoms with Crippen LogP contribution in [0.4, 0.5) is 0 Å². The molecule has 0 aliphatic carbocycles.